The molecule has 0 heterocycles. The molecule has 0 bridgehead atoms. The van der Waals surface area contributed by atoms with Crippen LogP contribution in [-0.2, 0) is 28.6 Å². The summed E-state index contributed by atoms with van der Waals surface area (Å²) in [5, 5.41) is 0. The standard InChI is InChI=1S/C58H94O6/c1-4-7-10-13-16-19-21-22-23-24-25-26-27-28-29-30-31-32-33-34-35-36-38-39-42-45-48-51-57(60)63-54-55(53-62-56(59)50-47-44-41-18-15-12-9-6-3)64-58(61)52-49-46-43-40-37-20-17-14-11-8-5-2/h7,10,14,16-17,19,22-23,25-26,28-29,31-32,34-35,38-39,55H,4-6,8-9,11-13,15,18,20-21,24,27,30,33,36-37,40-54H2,1-3H3/b10-7-,17-14-,19-16-,23-22-,26-25-,29-28-,32-31-,35-34-,39-38-. The van der Waals surface area contributed by atoms with E-state index in [-0.39, 0.29) is 31.1 Å². The minimum Gasteiger partial charge on any atom is -0.462 e. The van der Waals surface area contributed by atoms with Gasteiger partial charge in [-0.05, 0) is 103 Å². The third-order valence-electron chi connectivity index (χ3n) is 10.5. The molecule has 0 aliphatic rings. The minimum atomic E-state index is -0.797. The van der Waals surface area contributed by atoms with Crippen molar-refractivity contribution >= 4 is 17.9 Å². The van der Waals surface area contributed by atoms with Crippen molar-refractivity contribution in [2.75, 3.05) is 13.2 Å². The average Bonchev–Trinajstić information content (AvgIpc) is 3.29. The third kappa shape index (κ3) is 49.1. The fourth-order valence-electron chi connectivity index (χ4n) is 6.61. The molecule has 0 spiro atoms. The van der Waals surface area contributed by atoms with Crippen LogP contribution in [-0.4, -0.2) is 37.2 Å². The van der Waals surface area contributed by atoms with E-state index in [2.05, 4.69) is 130 Å². The molecule has 0 N–H and O–H groups in total. The summed E-state index contributed by atoms with van der Waals surface area (Å²) in [6.45, 7) is 6.39. The molecule has 0 saturated carbocycles. The van der Waals surface area contributed by atoms with E-state index in [1.807, 2.05) is 0 Å². The van der Waals surface area contributed by atoms with Gasteiger partial charge in [-0.1, -0.05) is 207 Å². The lowest BCUT2D eigenvalue weighted by Gasteiger charge is -2.18. The van der Waals surface area contributed by atoms with E-state index >= 15 is 0 Å². The van der Waals surface area contributed by atoms with Crippen molar-refractivity contribution in [3.05, 3.63) is 109 Å². The summed E-state index contributed by atoms with van der Waals surface area (Å²) >= 11 is 0. The summed E-state index contributed by atoms with van der Waals surface area (Å²) in [4.78, 5) is 37.8. The van der Waals surface area contributed by atoms with Gasteiger partial charge in [-0.15, -0.1) is 0 Å². The van der Waals surface area contributed by atoms with E-state index in [1.165, 1.54) is 57.8 Å². The molecule has 0 aliphatic heterocycles. The van der Waals surface area contributed by atoms with Crippen LogP contribution in [0.5, 0.6) is 0 Å². The van der Waals surface area contributed by atoms with Crippen molar-refractivity contribution in [1.82, 2.24) is 0 Å². The van der Waals surface area contributed by atoms with Crippen LogP contribution in [0.4, 0.5) is 0 Å². The predicted octanol–water partition coefficient (Wildman–Crippen LogP) is 17.1. The maximum atomic E-state index is 12.7. The molecule has 0 amide bonds. The fourth-order valence-corrected chi connectivity index (χ4v) is 6.61. The van der Waals surface area contributed by atoms with Gasteiger partial charge < -0.3 is 14.2 Å². The molecular weight excluding hydrogens is 793 g/mol. The number of carbonyl (C=O) groups excluding carboxylic acids is 3. The van der Waals surface area contributed by atoms with Crippen LogP contribution >= 0.6 is 0 Å². The molecular formula is C58H94O6. The Morgan fingerprint density at radius 1 is 0.328 bits per heavy atom. The van der Waals surface area contributed by atoms with Gasteiger partial charge in [-0.3, -0.25) is 14.4 Å². The maximum absolute atomic E-state index is 12.7. The summed E-state index contributed by atoms with van der Waals surface area (Å²) in [5.41, 5.74) is 0. The second kappa shape index (κ2) is 51.7. The van der Waals surface area contributed by atoms with Gasteiger partial charge in [0.25, 0.3) is 0 Å². The smallest absolute Gasteiger partial charge is 0.306 e. The van der Waals surface area contributed by atoms with Crippen molar-refractivity contribution in [2.45, 2.75) is 226 Å². The zero-order valence-electron chi connectivity index (χ0n) is 41.3. The Labute approximate surface area is 393 Å². The van der Waals surface area contributed by atoms with E-state index < -0.39 is 6.10 Å². The molecule has 0 radical (unpaired) electrons. The molecule has 64 heavy (non-hydrogen) atoms. The van der Waals surface area contributed by atoms with Gasteiger partial charge in [0.2, 0.25) is 0 Å². The van der Waals surface area contributed by atoms with Crippen molar-refractivity contribution in [2.24, 2.45) is 0 Å². The first-order chi connectivity index (χ1) is 31.5. The van der Waals surface area contributed by atoms with Gasteiger partial charge in [0.05, 0.1) is 0 Å². The highest BCUT2D eigenvalue weighted by Gasteiger charge is 2.19. The van der Waals surface area contributed by atoms with E-state index in [9.17, 15) is 14.4 Å². The van der Waals surface area contributed by atoms with Crippen LogP contribution in [0.2, 0.25) is 0 Å². The zero-order chi connectivity index (χ0) is 46.5. The van der Waals surface area contributed by atoms with Gasteiger partial charge in [0, 0.05) is 19.3 Å². The first-order valence-electron chi connectivity index (χ1n) is 25.9. The molecule has 0 fully saturated rings. The largest absolute Gasteiger partial charge is 0.462 e. The highest BCUT2D eigenvalue weighted by molar-refractivity contribution is 5.71. The quantitative estimate of drug-likeness (QED) is 0.0262. The van der Waals surface area contributed by atoms with Gasteiger partial charge in [0.15, 0.2) is 6.10 Å². The van der Waals surface area contributed by atoms with Gasteiger partial charge in [0.1, 0.15) is 13.2 Å². The van der Waals surface area contributed by atoms with Crippen LogP contribution in [0.25, 0.3) is 0 Å². The van der Waals surface area contributed by atoms with Gasteiger partial charge in [-0.2, -0.15) is 0 Å². The Morgan fingerprint density at radius 2 is 0.625 bits per heavy atom. The summed E-state index contributed by atoms with van der Waals surface area (Å²) in [6.07, 6.45) is 69.5. The number of carbonyl (C=O) groups is 3. The monoisotopic (exact) mass is 887 g/mol. The molecule has 0 rings (SSSR count). The summed E-state index contributed by atoms with van der Waals surface area (Å²) in [6, 6.07) is 0. The fraction of sp³-hybridized carbons (Fsp3) is 0.638. The molecule has 0 aromatic carbocycles. The summed E-state index contributed by atoms with van der Waals surface area (Å²) in [7, 11) is 0. The zero-order valence-corrected chi connectivity index (χ0v) is 41.3. The van der Waals surface area contributed by atoms with Crippen molar-refractivity contribution < 1.29 is 28.6 Å². The van der Waals surface area contributed by atoms with Gasteiger partial charge >= 0.3 is 17.9 Å². The van der Waals surface area contributed by atoms with Crippen molar-refractivity contribution in [3.63, 3.8) is 0 Å². The first-order valence-corrected chi connectivity index (χ1v) is 25.9. The maximum Gasteiger partial charge on any atom is 0.306 e. The SMILES string of the molecule is CC/C=C\C/C=C\C/C=C\C/C=C\C/C=C\C/C=C\C/C=C\C/C=C\CCCCC(=O)OCC(COC(=O)CCCCCCCCCC)OC(=O)CCCCCCC/C=C\CCCC. The van der Waals surface area contributed by atoms with Gasteiger partial charge in [-0.25, -0.2) is 0 Å². The molecule has 0 aromatic heterocycles. The Kier molecular flexibility index (Phi) is 48.5. The Bertz CT molecular complexity index is 1340. The lowest BCUT2D eigenvalue weighted by atomic mass is 10.1. The number of ether oxygens (including phenoxy) is 3. The molecule has 1 atom stereocenters. The number of unbranched alkanes of at least 4 members (excludes halogenated alkanes) is 16. The molecule has 0 saturated heterocycles. The van der Waals surface area contributed by atoms with E-state index in [1.54, 1.807) is 0 Å². The highest BCUT2D eigenvalue weighted by Crippen LogP contribution is 2.13. The van der Waals surface area contributed by atoms with Crippen LogP contribution in [0.1, 0.15) is 220 Å². The number of hydrogen-bond donors (Lipinski definition) is 0. The van der Waals surface area contributed by atoms with E-state index in [0.29, 0.717) is 19.3 Å². The topological polar surface area (TPSA) is 78.9 Å². The molecule has 6 heteroatoms. The second-order valence-electron chi connectivity index (χ2n) is 16.7. The van der Waals surface area contributed by atoms with Crippen molar-refractivity contribution in [1.29, 1.82) is 0 Å². The summed E-state index contributed by atoms with van der Waals surface area (Å²) < 4.78 is 16.7. The van der Waals surface area contributed by atoms with Crippen LogP contribution < -0.4 is 0 Å². The Balaban J connectivity index is 4.32. The molecule has 362 valence electrons. The Morgan fingerprint density at radius 3 is 1.05 bits per heavy atom. The lowest BCUT2D eigenvalue weighted by molar-refractivity contribution is -0.167. The molecule has 0 aliphatic carbocycles. The van der Waals surface area contributed by atoms with Crippen LogP contribution in [0, 0.1) is 0 Å². The number of hydrogen-bond acceptors (Lipinski definition) is 6. The predicted molar refractivity (Wildman–Crippen MR) is 274 cm³/mol. The summed E-state index contributed by atoms with van der Waals surface area (Å²) in [5.74, 6) is -0.964. The number of rotatable bonds is 45. The Hall–Kier alpha value is -3.93. The third-order valence-corrected chi connectivity index (χ3v) is 10.5. The first kappa shape index (κ1) is 60.1. The lowest BCUT2D eigenvalue weighted by Crippen LogP contribution is -2.30. The number of esters is 3. The second-order valence-corrected chi connectivity index (χ2v) is 16.7. The van der Waals surface area contributed by atoms with E-state index in [4.69, 9.17) is 14.2 Å². The van der Waals surface area contributed by atoms with Crippen molar-refractivity contribution in [3.8, 4) is 0 Å². The van der Waals surface area contributed by atoms with E-state index in [0.717, 1.165) is 122 Å². The normalized spacial score (nSPS) is 13.0. The molecule has 0 aromatic rings. The highest BCUT2D eigenvalue weighted by atomic mass is 16.6. The average molecular weight is 887 g/mol. The molecule has 1 unspecified atom stereocenters. The molecule has 6 nitrogen and oxygen atoms in total. The number of allylic oxidation sites excluding steroid dienone is 18. The minimum absolute atomic E-state index is 0.0960. The van der Waals surface area contributed by atoms with Crippen LogP contribution in [0.3, 0.4) is 0 Å². The van der Waals surface area contributed by atoms with Crippen LogP contribution in [0.15, 0.2) is 109 Å².